The second kappa shape index (κ2) is 5.83. The molecule has 0 radical (unpaired) electrons. The zero-order chi connectivity index (χ0) is 13.2. The van der Waals surface area contributed by atoms with Crippen LogP contribution in [0.1, 0.15) is 27.7 Å². The number of carbonyl (C=O) groups excluding carboxylic acids is 1. The smallest absolute Gasteiger partial charge is 0.226 e. The molecule has 1 heterocycles. The second-order valence-corrected chi connectivity index (χ2v) is 5.76. The van der Waals surface area contributed by atoms with E-state index in [4.69, 9.17) is 0 Å². The maximum absolute atomic E-state index is 12.4. The van der Waals surface area contributed by atoms with Crippen LogP contribution < -0.4 is 5.32 Å². The van der Waals surface area contributed by atoms with Crippen molar-refractivity contribution in [1.29, 1.82) is 0 Å². The van der Waals surface area contributed by atoms with Crippen LogP contribution in [0, 0.1) is 17.8 Å². The van der Waals surface area contributed by atoms with Crippen LogP contribution in [-0.2, 0) is 4.79 Å². The fourth-order valence-electron chi connectivity index (χ4n) is 2.78. The zero-order valence-corrected chi connectivity index (χ0v) is 11.6. The van der Waals surface area contributed by atoms with Gasteiger partial charge in [-0.2, -0.15) is 0 Å². The van der Waals surface area contributed by atoms with Crippen molar-refractivity contribution >= 4 is 5.91 Å². The summed E-state index contributed by atoms with van der Waals surface area (Å²) in [7, 11) is 1.81. The number of nitrogens with zero attached hydrogens (tertiary/aromatic N) is 1. The van der Waals surface area contributed by atoms with E-state index in [2.05, 4.69) is 33.0 Å². The van der Waals surface area contributed by atoms with Crippen LogP contribution >= 0.6 is 0 Å². The molecular formula is C13H26N2O2. The minimum atomic E-state index is -0.441. The van der Waals surface area contributed by atoms with Gasteiger partial charge in [0.2, 0.25) is 5.91 Å². The summed E-state index contributed by atoms with van der Waals surface area (Å²) in [4.78, 5) is 14.2. The second-order valence-electron chi connectivity index (χ2n) is 5.76. The summed E-state index contributed by atoms with van der Waals surface area (Å²) < 4.78 is 0. The van der Waals surface area contributed by atoms with Crippen molar-refractivity contribution in [2.24, 2.45) is 17.8 Å². The topological polar surface area (TPSA) is 52.6 Å². The molecule has 1 saturated heterocycles. The Bertz CT molecular complexity index is 258. The van der Waals surface area contributed by atoms with E-state index in [9.17, 15) is 9.90 Å². The number of aliphatic hydroxyl groups is 1. The first-order valence-electron chi connectivity index (χ1n) is 6.51. The highest BCUT2D eigenvalue weighted by Crippen LogP contribution is 2.24. The van der Waals surface area contributed by atoms with Gasteiger partial charge in [0.1, 0.15) is 0 Å². The Balaban J connectivity index is 2.73. The maximum Gasteiger partial charge on any atom is 0.226 e. The standard InChI is InChI=1S/C13H26N2O2/c1-8(2)12(9(3)4)13(17)15(5)10-6-14-7-11(10)16/h8-12,14,16H,6-7H2,1-5H3/t10-,11-/m0/s1. The van der Waals surface area contributed by atoms with E-state index < -0.39 is 6.10 Å². The monoisotopic (exact) mass is 242 g/mol. The van der Waals surface area contributed by atoms with Gasteiger partial charge in [0.25, 0.3) is 0 Å². The van der Waals surface area contributed by atoms with Gasteiger partial charge in [-0.3, -0.25) is 4.79 Å². The number of β-amino-alcohol motifs (C(OH)–C–C–N with tert-alkyl or cyclic N) is 1. The van der Waals surface area contributed by atoms with E-state index in [1.54, 1.807) is 11.9 Å². The van der Waals surface area contributed by atoms with E-state index in [-0.39, 0.29) is 17.9 Å². The summed E-state index contributed by atoms with van der Waals surface area (Å²) in [6.07, 6.45) is -0.441. The Morgan fingerprint density at radius 2 is 1.76 bits per heavy atom. The molecule has 2 N–H and O–H groups in total. The molecule has 0 saturated carbocycles. The number of nitrogens with one attached hydrogen (secondary N) is 1. The van der Waals surface area contributed by atoms with Gasteiger partial charge in [-0.1, -0.05) is 27.7 Å². The molecule has 0 bridgehead atoms. The van der Waals surface area contributed by atoms with Crippen molar-refractivity contribution in [1.82, 2.24) is 10.2 Å². The molecule has 4 nitrogen and oxygen atoms in total. The lowest BCUT2D eigenvalue weighted by Gasteiger charge is -2.33. The summed E-state index contributed by atoms with van der Waals surface area (Å²) in [5, 5.41) is 12.9. The van der Waals surface area contributed by atoms with E-state index in [0.717, 1.165) is 0 Å². The highest BCUT2D eigenvalue weighted by Gasteiger charge is 2.35. The first-order chi connectivity index (χ1) is 7.86. The molecule has 1 rings (SSSR count). The summed E-state index contributed by atoms with van der Waals surface area (Å²) in [5.41, 5.74) is 0. The predicted octanol–water partition coefficient (Wildman–Crippen LogP) is 0.706. The van der Waals surface area contributed by atoms with Crippen LogP contribution in [0.25, 0.3) is 0 Å². The van der Waals surface area contributed by atoms with E-state index in [1.165, 1.54) is 0 Å². The largest absolute Gasteiger partial charge is 0.390 e. The number of carbonyl (C=O) groups is 1. The van der Waals surface area contributed by atoms with Gasteiger partial charge in [0.15, 0.2) is 0 Å². The molecule has 0 aliphatic carbocycles. The molecule has 1 amide bonds. The van der Waals surface area contributed by atoms with Crippen LogP contribution in [0.3, 0.4) is 0 Å². The molecule has 17 heavy (non-hydrogen) atoms. The van der Waals surface area contributed by atoms with Crippen molar-refractivity contribution in [2.45, 2.75) is 39.8 Å². The molecule has 0 aromatic rings. The molecule has 1 aliphatic heterocycles. The number of hydrogen-bond acceptors (Lipinski definition) is 3. The van der Waals surface area contributed by atoms with Crippen molar-refractivity contribution in [3.63, 3.8) is 0 Å². The Morgan fingerprint density at radius 3 is 2.12 bits per heavy atom. The molecule has 0 spiro atoms. The molecule has 1 aliphatic rings. The van der Waals surface area contributed by atoms with Crippen LogP contribution in [0.2, 0.25) is 0 Å². The fraction of sp³-hybridized carbons (Fsp3) is 0.923. The lowest BCUT2D eigenvalue weighted by atomic mass is 9.84. The lowest BCUT2D eigenvalue weighted by Crippen LogP contribution is -2.48. The Hall–Kier alpha value is -0.610. The van der Waals surface area contributed by atoms with E-state index >= 15 is 0 Å². The molecule has 4 heteroatoms. The highest BCUT2D eigenvalue weighted by atomic mass is 16.3. The predicted molar refractivity (Wildman–Crippen MR) is 68.6 cm³/mol. The molecule has 0 unspecified atom stereocenters. The number of aliphatic hydroxyl groups excluding tert-OH is 1. The minimum Gasteiger partial charge on any atom is -0.390 e. The first kappa shape index (κ1) is 14.5. The fourth-order valence-corrected chi connectivity index (χ4v) is 2.78. The van der Waals surface area contributed by atoms with Crippen molar-refractivity contribution in [3.05, 3.63) is 0 Å². The Labute approximate surface area is 104 Å². The van der Waals surface area contributed by atoms with Crippen LogP contribution in [0.5, 0.6) is 0 Å². The Morgan fingerprint density at radius 1 is 1.24 bits per heavy atom. The summed E-state index contributed by atoms with van der Waals surface area (Å²) in [6, 6.07) is -0.0810. The molecule has 1 fully saturated rings. The van der Waals surface area contributed by atoms with Crippen molar-refractivity contribution in [2.75, 3.05) is 20.1 Å². The highest BCUT2D eigenvalue weighted by molar-refractivity contribution is 5.79. The third-order valence-corrected chi connectivity index (χ3v) is 3.72. The van der Waals surface area contributed by atoms with Gasteiger partial charge >= 0.3 is 0 Å². The van der Waals surface area contributed by atoms with Crippen LogP contribution in [-0.4, -0.2) is 48.2 Å². The summed E-state index contributed by atoms with van der Waals surface area (Å²) >= 11 is 0. The molecule has 0 aromatic heterocycles. The van der Waals surface area contributed by atoms with Gasteiger partial charge in [-0.15, -0.1) is 0 Å². The SMILES string of the molecule is CC(C)C(C(=O)N(C)[C@H]1CNC[C@@H]1O)C(C)C. The third-order valence-electron chi connectivity index (χ3n) is 3.72. The van der Waals surface area contributed by atoms with Crippen LogP contribution in [0.4, 0.5) is 0 Å². The Kier molecular flexibility index (Phi) is 4.95. The molecular weight excluding hydrogens is 216 g/mol. The normalized spacial score (nSPS) is 25.0. The quantitative estimate of drug-likeness (QED) is 0.763. The van der Waals surface area contributed by atoms with E-state index in [1.807, 2.05) is 0 Å². The molecule has 0 aromatic carbocycles. The number of hydrogen-bond donors (Lipinski definition) is 2. The van der Waals surface area contributed by atoms with Gasteiger partial charge in [0, 0.05) is 26.1 Å². The molecule has 100 valence electrons. The first-order valence-corrected chi connectivity index (χ1v) is 6.51. The average molecular weight is 242 g/mol. The van der Waals surface area contributed by atoms with Gasteiger partial charge < -0.3 is 15.3 Å². The summed E-state index contributed by atoms with van der Waals surface area (Å²) in [6.45, 7) is 9.60. The van der Waals surface area contributed by atoms with Gasteiger partial charge in [-0.05, 0) is 11.8 Å². The number of amides is 1. The third kappa shape index (κ3) is 3.19. The van der Waals surface area contributed by atoms with Crippen molar-refractivity contribution in [3.8, 4) is 0 Å². The average Bonchev–Trinajstić information content (AvgIpc) is 2.62. The van der Waals surface area contributed by atoms with Crippen molar-refractivity contribution < 1.29 is 9.90 Å². The number of rotatable bonds is 4. The van der Waals surface area contributed by atoms with E-state index in [0.29, 0.717) is 24.9 Å². The summed E-state index contributed by atoms with van der Waals surface area (Å²) in [5.74, 6) is 0.850. The van der Waals surface area contributed by atoms with Gasteiger partial charge in [0.05, 0.1) is 12.1 Å². The zero-order valence-electron chi connectivity index (χ0n) is 11.6. The molecule has 2 atom stereocenters. The van der Waals surface area contributed by atoms with Gasteiger partial charge in [-0.25, -0.2) is 0 Å². The maximum atomic E-state index is 12.4. The number of likely N-dealkylation sites (N-methyl/N-ethyl adjacent to an activating group) is 1. The van der Waals surface area contributed by atoms with Crippen LogP contribution in [0.15, 0.2) is 0 Å². The lowest BCUT2D eigenvalue weighted by molar-refractivity contribution is -0.140. The minimum absolute atomic E-state index is 0.0350.